The van der Waals surface area contributed by atoms with Crippen LogP contribution in [-0.4, -0.2) is 34.3 Å². The first-order chi connectivity index (χ1) is 16.1. The lowest BCUT2D eigenvalue weighted by Crippen LogP contribution is -2.47. The van der Waals surface area contributed by atoms with E-state index in [1.165, 1.54) is 28.4 Å². The molecule has 0 aliphatic heterocycles. The summed E-state index contributed by atoms with van der Waals surface area (Å²) < 4.78 is 39.0. The minimum Gasteiger partial charge on any atom is -0.332 e. The molecule has 3 rings (SSSR count). The lowest BCUT2D eigenvalue weighted by Gasteiger charge is -2.30. The number of carbonyl (C=O) groups excluding carboxylic acids is 2. The quantitative estimate of drug-likeness (QED) is 0.407. The highest BCUT2D eigenvalue weighted by Crippen LogP contribution is 2.30. The third-order valence-electron chi connectivity index (χ3n) is 5.13. The number of halogens is 3. The Hall–Kier alpha value is -3.33. The number of anilines is 1. The molecule has 9 heteroatoms. The molecular weight excluding hydrogens is 463 g/mol. The van der Waals surface area contributed by atoms with Crippen LogP contribution in [0.2, 0.25) is 0 Å². The molecule has 0 fully saturated rings. The summed E-state index contributed by atoms with van der Waals surface area (Å²) in [5.74, 6) is -0.259. The zero-order chi connectivity index (χ0) is 24.7. The fourth-order valence-electron chi connectivity index (χ4n) is 3.33. The number of benzene rings is 2. The number of amides is 3. The Bertz CT molecular complexity index is 1090. The van der Waals surface area contributed by atoms with E-state index in [4.69, 9.17) is 0 Å². The summed E-state index contributed by atoms with van der Waals surface area (Å²) in [4.78, 5) is 30.2. The van der Waals surface area contributed by atoms with Gasteiger partial charge >= 0.3 is 12.2 Å². The van der Waals surface area contributed by atoms with Crippen molar-refractivity contribution in [3.8, 4) is 0 Å². The zero-order valence-corrected chi connectivity index (χ0v) is 19.7. The number of hydrogen-bond acceptors (Lipinski definition) is 3. The average Bonchev–Trinajstić information content (AvgIpc) is 3.30. The minimum atomic E-state index is -4.52. The molecular formula is C25H26F3N3O2S. The van der Waals surface area contributed by atoms with Crippen LogP contribution in [0.15, 0.2) is 72.1 Å². The van der Waals surface area contributed by atoms with Gasteiger partial charge in [0.1, 0.15) is 6.54 Å². The van der Waals surface area contributed by atoms with Gasteiger partial charge in [0.25, 0.3) is 0 Å². The molecule has 0 aliphatic carbocycles. The first-order valence-corrected chi connectivity index (χ1v) is 11.6. The number of hydrogen-bond donors (Lipinski definition) is 1. The maximum Gasteiger partial charge on any atom is 0.416 e. The normalized spacial score (nSPS) is 11.4. The topological polar surface area (TPSA) is 52.7 Å². The van der Waals surface area contributed by atoms with Gasteiger partial charge in [0.05, 0.1) is 12.1 Å². The third-order valence-corrected chi connectivity index (χ3v) is 5.99. The second kappa shape index (κ2) is 11.2. The SMILES string of the molecule is CC(C)N(CC(=O)N(Cc1ccccc1)Cc1cccs1)C(=O)Nc1cccc(C(F)(F)F)c1. The summed E-state index contributed by atoms with van der Waals surface area (Å²) in [6.45, 7) is 4.06. The largest absolute Gasteiger partial charge is 0.416 e. The van der Waals surface area contributed by atoms with Gasteiger partial charge in [0, 0.05) is 23.2 Å². The second-order valence-electron chi connectivity index (χ2n) is 8.05. The van der Waals surface area contributed by atoms with E-state index in [1.807, 2.05) is 47.8 Å². The maximum atomic E-state index is 13.3. The van der Waals surface area contributed by atoms with Crippen LogP contribution in [0.3, 0.4) is 0 Å². The van der Waals surface area contributed by atoms with Crippen molar-refractivity contribution < 1.29 is 22.8 Å². The van der Waals surface area contributed by atoms with E-state index in [9.17, 15) is 22.8 Å². The van der Waals surface area contributed by atoms with Gasteiger partial charge in [-0.1, -0.05) is 42.5 Å². The third kappa shape index (κ3) is 7.08. The van der Waals surface area contributed by atoms with Gasteiger partial charge in [-0.15, -0.1) is 11.3 Å². The lowest BCUT2D eigenvalue weighted by molar-refractivity contribution is -0.137. The Balaban J connectivity index is 1.75. The molecule has 3 amide bonds. The van der Waals surface area contributed by atoms with Gasteiger partial charge in [-0.25, -0.2) is 4.79 Å². The van der Waals surface area contributed by atoms with Gasteiger partial charge in [-0.2, -0.15) is 13.2 Å². The van der Waals surface area contributed by atoms with Crippen LogP contribution in [0.5, 0.6) is 0 Å². The first kappa shape index (κ1) is 25.3. The highest BCUT2D eigenvalue weighted by Gasteiger charge is 2.31. The molecule has 5 nitrogen and oxygen atoms in total. The van der Waals surface area contributed by atoms with Crippen molar-refractivity contribution in [2.75, 3.05) is 11.9 Å². The summed E-state index contributed by atoms with van der Waals surface area (Å²) >= 11 is 1.54. The van der Waals surface area contributed by atoms with Gasteiger partial charge in [0.2, 0.25) is 5.91 Å². The average molecular weight is 490 g/mol. The number of rotatable bonds is 8. The van der Waals surface area contributed by atoms with Crippen molar-refractivity contribution in [1.82, 2.24) is 9.80 Å². The fourth-order valence-corrected chi connectivity index (χ4v) is 4.05. The molecule has 34 heavy (non-hydrogen) atoms. The maximum absolute atomic E-state index is 13.3. The molecule has 1 N–H and O–H groups in total. The van der Waals surface area contributed by atoms with E-state index < -0.39 is 17.8 Å². The van der Waals surface area contributed by atoms with Crippen molar-refractivity contribution in [2.24, 2.45) is 0 Å². The van der Waals surface area contributed by atoms with E-state index >= 15 is 0 Å². The van der Waals surface area contributed by atoms with Crippen LogP contribution in [-0.2, 0) is 24.1 Å². The lowest BCUT2D eigenvalue weighted by atomic mass is 10.2. The van der Waals surface area contributed by atoms with Crippen molar-refractivity contribution in [3.05, 3.63) is 88.1 Å². The summed E-state index contributed by atoms with van der Waals surface area (Å²) in [6, 6.07) is 16.8. The van der Waals surface area contributed by atoms with E-state index in [0.717, 1.165) is 22.6 Å². The minimum absolute atomic E-state index is 0.0117. The molecule has 3 aromatic rings. The molecule has 0 aliphatic rings. The molecule has 0 unspecified atom stereocenters. The summed E-state index contributed by atoms with van der Waals surface area (Å²) in [6.07, 6.45) is -4.52. The van der Waals surface area contributed by atoms with Gasteiger partial charge in [-0.3, -0.25) is 4.79 Å². The number of alkyl halides is 3. The predicted octanol–water partition coefficient (Wildman–Crippen LogP) is 6.24. The van der Waals surface area contributed by atoms with E-state index in [0.29, 0.717) is 13.1 Å². The Morgan fingerprint density at radius 2 is 1.71 bits per heavy atom. The van der Waals surface area contributed by atoms with Crippen LogP contribution in [0.1, 0.15) is 29.9 Å². The number of nitrogens with one attached hydrogen (secondary N) is 1. The zero-order valence-electron chi connectivity index (χ0n) is 18.9. The molecule has 0 saturated carbocycles. The van der Waals surface area contributed by atoms with Crippen LogP contribution >= 0.6 is 11.3 Å². The number of thiophene rings is 1. The van der Waals surface area contributed by atoms with Crippen LogP contribution in [0.25, 0.3) is 0 Å². The van der Waals surface area contributed by atoms with E-state index in [1.54, 1.807) is 18.7 Å². The number of carbonyl (C=O) groups is 2. The molecule has 180 valence electrons. The Morgan fingerprint density at radius 1 is 0.971 bits per heavy atom. The van der Waals surface area contributed by atoms with Crippen LogP contribution in [0, 0.1) is 0 Å². The van der Waals surface area contributed by atoms with Gasteiger partial charge < -0.3 is 15.1 Å². The smallest absolute Gasteiger partial charge is 0.332 e. The molecule has 0 saturated heterocycles. The highest BCUT2D eigenvalue weighted by atomic mass is 32.1. The Labute approximate surface area is 200 Å². The molecule has 0 atom stereocenters. The molecule has 0 radical (unpaired) electrons. The number of nitrogens with zero attached hydrogens (tertiary/aromatic N) is 2. The van der Waals surface area contributed by atoms with Crippen LogP contribution in [0.4, 0.5) is 23.7 Å². The molecule has 1 aromatic heterocycles. The van der Waals surface area contributed by atoms with E-state index in [2.05, 4.69) is 5.32 Å². The van der Waals surface area contributed by atoms with E-state index in [-0.39, 0.29) is 24.2 Å². The fraction of sp³-hybridized carbons (Fsp3) is 0.280. The standard InChI is InChI=1S/C25H26F3N3O2S/c1-18(2)31(24(33)29-21-11-6-10-20(14-21)25(26,27)28)17-23(32)30(16-22-12-7-13-34-22)15-19-8-4-3-5-9-19/h3-14,18H,15-17H2,1-2H3,(H,29,33). The van der Waals surface area contributed by atoms with Gasteiger partial charge in [-0.05, 0) is 49.1 Å². The Kier molecular flexibility index (Phi) is 8.33. The summed E-state index contributed by atoms with van der Waals surface area (Å²) in [7, 11) is 0. The molecule has 0 spiro atoms. The van der Waals surface area contributed by atoms with Crippen molar-refractivity contribution in [3.63, 3.8) is 0 Å². The van der Waals surface area contributed by atoms with Crippen molar-refractivity contribution >= 4 is 29.0 Å². The molecule has 1 heterocycles. The molecule has 2 aromatic carbocycles. The monoisotopic (exact) mass is 489 g/mol. The van der Waals surface area contributed by atoms with Crippen molar-refractivity contribution in [1.29, 1.82) is 0 Å². The van der Waals surface area contributed by atoms with Crippen LogP contribution < -0.4 is 5.32 Å². The molecule has 0 bridgehead atoms. The summed E-state index contributed by atoms with van der Waals surface area (Å²) in [5, 5.41) is 4.43. The highest BCUT2D eigenvalue weighted by molar-refractivity contribution is 7.09. The first-order valence-electron chi connectivity index (χ1n) is 10.7. The van der Waals surface area contributed by atoms with Gasteiger partial charge in [0.15, 0.2) is 0 Å². The van der Waals surface area contributed by atoms with Crippen molar-refractivity contribution in [2.45, 2.75) is 39.2 Å². The number of urea groups is 1. The predicted molar refractivity (Wildman–Crippen MR) is 127 cm³/mol. The summed E-state index contributed by atoms with van der Waals surface area (Å²) in [5.41, 5.74) is 0.108. The Morgan fingerprint density at radius 3 is 2.32 bits per heavy atom. The second-order valence-corrected chi connectivity index (χ2v) is 9.08.